The molecule has 1 amide bonds. The van der Waals surface area contributed by atoms with Crippen molar-refractivity contribution in [3.63, 3.8) is 0 Å². The maximum atomic E-state index is 12.0. The number of thioether (sulfide) groups is 1. The van der Waals surface area contributed by atoms with Crippen LogP contribution in [0.4, 0.5) is 5.69 Å². The van der Waals surface area contributed by atoms with Crippen LogP contribution < -0.4 is 10.1 Å². The van der Waals surface area contributed by atoms with E-state index in [1.807, 2.05) is 38.1 Å². The van der Waals surface area contributed by atoms with Crippen molar-refractivity contribution in [1.82, 2.24) is 9.97 Å². The van der Waals surface area contributed by atoms with Crippen molar-refractivity contribution in [1.29, 1.82) is 0 Å². The molecule has 2 aromatic rings. The van der Waals surface area contributed by atoms with Gasteiger partial charge in [0, 0.05) is 11.9 Å². The second-order valence-electron chi connectivity index (χ2n) is 4.52. The predicted molar refractivity (Wildman–Crippen MR) is 83.9 cm³/mol. The van der Waals surface area contributed by atoms with Gasteiger partial charge in [0.2, 0.25) is 5.91 Å². The lowest BCUT2D eigenvalue weighted by atomic mass is 10.2. The summed E-state index contributed by atoms with van der Waals surface area (Å²) in [7, 11) is 1.58. The van der Waals surface area contributed by atoms with E-state index in [0.717, 1.165) is 11.3 Å². The number of ether oxygens (including phenoxy) is 1. The number of aromatic nitrogens is 2. The quantitative estimate of drug-likeness (QED) is 0.679. The molecule has 0 aliphatic rings. The molecule has 0 radical (unpaired) electrons. The van der Waals surface area contributed by atoms with Gasteiger partial charge in [-0.2, -0.15) is 0 Å². The molecule has 1 heterocycles. The van der Waals surface area contributed by atoms with Crippen molar-refractivity contribution in [3.8, 4) is 5.75 Å². The molecular weight excluding hydrogens is 286 g/mol. The first kappa shape index (κ1) is 15.3. The number of carbonyl (C=O) groups excluding carboxylic acids is 1. The van der Waals surface area contributed by atoms with E-state index in [0.29, 0.717) is 16.6 Å². The number of methoxy groups -OCH3 is 1. The predicted octanol–water partition coefficient (Wildman–Crippen LogP) is 2.83. The summed E-state index contributed by atoms with van der Waals surface area (Å²) in [4.78, 5) is 20.4. The largest absolute Gasteiger partial charge is 0.495 e. The monoisotopic (exact) mass is 303 g/mol. The number of carbonyl (C=O) groups is 1. The highest BCUT2D eigenvalue weighted by Crippen LogP contribution is 2.25. The van der Waals surface area contributed by atoms with Gasteiger partial charge >= 0.3 is 0 Å². The van der Waals surface area contributed by atoms with Crippen molar-refractivity contribution in [2.24, 2.45) is 0 Å². The molecule has 0 spiro atoms. The van der Waals surface area contributed by atoms with Crippen LogP contribution in [-0.2, 0) is 4.79 Å². The number of aryl methyl sites for hydroxylation is 2. The fourth-order valence-electron chi connectivity index (χ4n) is 1.73. The maximum absolute atomic E-state index is 12.0. The minimum absolute atomic E-state index is 0.117. The highest BCUT2D eigenvalue weighted by atomic mass is 32.2. The molecule has 5 nitrogen and oxygen atoms in total. The van der Waals surface area contributed by atoms with Crippen LogP contribution in [0.3, 0.4) is 0 Å². The Morgan fingerprint density at radius 2 is 2.14 bits per heavy atom. The van der Waals surface area contributed by atoms with Gasteiger partial charge in [0.15, 0.2) is 5.16 Å². The van der Waals surface area contributed by atoms with Crippen molar-refractivity contribution in [3.05, 3.63) is 41.7 Å². The fraction of sp³-hybridized carbons (Fsp3) is 0.267. The lowest BCUT2D eigenvalue weighted by Gasteiger charge is -2.10. The molecular formula is C15H17N3O2S. The third-order valence-electron chi connectivity index (χ3n) is 2.73. The summed E-state index contributed by atoms with van der Waals surface area (Å²) in [6.07, 6.45) is 1.69. The summed E-state index contributed by atoms with van der Waals surface area (Å²) < 4.78 is 5.23. The van der Waals surface area contributed by atoms with Gasteiger partial charge in [0.1, 0.15) is 5.75 Å². The van der Waals surface area contributed by atoms with E-state index < -0.39 is 0 Å². The summed E-state index contributed by atoms with van der Waals surface area (Å²) in [6.45, 7) is 3.86. The first-order chi connectivity index (χ1) is 10.1. The Kier molecular flexibility index (Phi) is 5.16. The Bertz CT molecular complexity index is 647. The van der Waals surface area contributed by atoms with Gasteiger partial charge in [-0.15, -0.1) is 0 Å². The third-order valence-corrected chi connectivity index (χ3v) is 3.60. The minimum atomic E-state index is -0.117. The van der Waals surface area contributed by atoms with Crippen LogP contribution in [-0.4, -0.2) is 28.7 Å². The average molecular weight is 303 g/mol. The zero-order valence-electron chi connectivity index (χ0n) is 12.2. The fourth-order valence-corrected chi connectivity index (χ4v) is 2.41. The van der Waals surface area contributed by atoms with Crippen LogP contribution in [0.1, 0.15) is 11.3 Å². The molecule has 0 atom stereocenters. The van der Waals surface area contributed by atoms with E-state index in [2.05, 4.69) is 15.3 Å². The number of hydrogen-bond donors (Lipinski definition) is 1. The Labute approximate surface area is 128 Å². The molecule has 0 unspecified atom stereocenters. The van der Waals surface area contributed by atoms with Crippen molar-refractivity contribution in [2.75, 3.05) is 18.2 Å². The molecule has 0 aliphatic heterocycles. The molecule has 0 fully saturated rings. The van der Waals surface area contributed by atoms with E-state index in [1.54, 1.807) is 13.3 Å². The zero-order valence-corrected chi connectivity index (χ0v) is 13.0. The first-order valence-corrected chi connectivity index (χ1v) is 7.44. The molecule has 1 aromatic carbocycles. The second kappa shape index (κ2) is 7.08. The number of rotatable bonds is 5. The number of nitrogens with zero attached hydrogens (tertiary/aromatic N) is 2. The third kappa shape index (κ3) is 4.46. The zero-order chi connectivity index (χ0) is 15.2. The molecule has 0 saturated heterocycles. The van der Waals surface area contributed by atoms with Gasteiger partial charge < -0.3 is 10.1 Å². The van der Waals surface area contributed by atoms with Gasteiger partial charge in [-0.3, -0.25) is 4.79 Å². The van der Waals surface area contributed by atoms with Crippen LogP contribution in [0.2, 0.25) is 0 Å². The molecule has 1 N–H and O–H groups in total. The number of benzene rings is 1. The van der Waals surface area contributed by atoms with Gasteiger partial charge in [-0.1, -0.05) is 17.8 Å². The summed E-state index contributed by atoms with van der Waals surface area (Å²) in [6, 6.07) is 7.47. The van der Waals surface area contributed by atoms with Gasteiger partial charge in [-0.05, 0) is 37.6 Å². The lowest BCUT2D eigenvalue weighted by molar-refractivity contribution is -0.113. The van der Waals surface area contributed by atoms with Crippen LogP contribution >= 0.6 is 11.8 Å². The molecule has 2 rings (SSSR count). The summed E-state index contributed by atoms with van der Waals surface area (Å²) in [5.41, 5.74) is 2.61. The Balaban J connectivity index is 1.97. The van der Waals surface area contributed by atoms with Gasteiger partial charge in [0.05, 0.1) is 18.6 Å². The maximum Gasteiger partial charge on any atom is 0.234 e. The number of anilines is 1. The van der Waals surface area contributed by atoms with Gasteiger partial charge in [0.25, 0.3) is 0 Å². The average Bonchev–Trinajstić information content (AvgIpc) is 2.45. The number of amides is 1. The first-order valence-electron chi connectivity index (χ1n) is 6.45. The SMILES string of the molecule is COc1ccc(C)cc1NC(=O)CSc1nccc(C)n1. The Morgan fingerprint density at radius 1 is 1.33 bits per heavy atom. The molecule has 21 heavy (non-hydrogen) atoms. The summed E-state index contributed by atoms with van der Waals surface area (Å²) in [5, 5.41) is 3.45. The van der Waals surface area contributed by atoms with E-state index in [-0.39, 0.29) is 11.7 Å². The van der Waals surface area contributed by atoms with E-state index in [1.165, 1.54) is 11.8 Å². The highest BCUT2D eigenvalue weighted by Gasteiger charge is 2.09. The Hall–Kier alpha value is -2.08. The topological polar surface area (TPSA) is 64.1 Å². The van der Waals surface area contributed by atoms with Gasteiger partial charge in [-0.25, -0.2) is 9.97 Å². The molecule has 0 aliphatic carbocycles. The highest BCUT2D eigenvalue weighted by molar-refractivity contribution is 7.99. The van der Waals surface area contributed by atoms with Crippen molar-refractivity contribution >= 4 is 23.4 Å². The molecule has 1 aromatic heterocycles. The molecule has 0 saturated carbocycles. The molecule has 110 valence electrons. The van der Waals surface area contributed by atoms with Crippen LogP contribution in [0.25, 0.3) is 0 Å². The number of nitrogens with one attached hydrogen (secondary N) is 1. The summed E-state index contributed by atoms with van der Waals surface area (Å²) >= 11 is 1.30. The standard InChI is InChI=1S/C15H17N3O2S/c1-10-4-5-13(20-3)12(8-10)18-14(19)9-21-15-16-7-6-11(2)17-15/h4-8H,9H2,1-3H3,(H,18,19). The summed E-state index contributed by atoms with van der Waals surface area (Å²) in [5.74, 6) is 0.778. The normalized spacial score (nSPS) is 10.2. The van der Waals surface area contributed by atoms with Crippen LogP contribution in [0, 0.1) is 13.8 Å². The molecule has 0 bridgehead atoms. The second-order valence-corrected chi connectivity index (χ2v) is 5.46. The minimum Gasteiger partial charge on any atom is -0.495 e. The van der Waals surface area contributed by atoms with Crippen molar-refractivity contribution < 1.29 is 9.53 Å². The van der Waals surface area contributed by atoms with Crippen LogP contribution in [0.15, 0.2) is 35.6 Å². The number of hydrogen-bond acceptors (Lipinski definition) is 5. The van der Waals surface area contributed by atoms with E-state index >= 15 is 0 Å². The Morgan fingerprint density at radius 3 is 2.86 bits per heavy atom. The van der Waals surface area contributed by atoms with Crippen molar-refractivity contribution in [2.45, 2.75) is 19.0 Å². The smallest absolute Gasteiger partial charge is 0.234 e. The van der Waals surface area contributed by atoms with E-state index in [4.69, 9.17) is 4.74 Å². The van der Waals surface area contributed by atoms with E-state index in [9.17, 15) is 4.79 Å². The van der Waals surface area contributed by atoms with Crippen LogP contribution in [0.5, 0.6) is 5.75 Å². The molecule has 6 heteroatoms. The lowest BCUT2D eigenvalue weighted by Crippen LogP contribution is -2.15.